The number of hydrogen-bond donors (Lipinski definition) is 2. The second kappa shape index (κ2) is 31.4. The van der Waals surface area contributed by atoms with Crippen molar-refractivity contribution in [3.8, 4) is 0 Å². The van der Waals surface area contributed by atoms with Gasteiger partial charge in [-0.1, -0.05) is 109 Å². The van der Waals surface area contributed by atoms with Gasteiger partial charge < -0.3 is 20.9 Å². The van der Waals surface area contributed by atoms with Crippen molar-refractivity contribution in [1.29, 1.82) is 0 Å². The van der Waals surface area contributed by atoms with Gasteiger partial charge >= 0.3 is 18.5 Å². The van der Waals surface area contributed by atoms with Gasteiger partial charge in [-0.2, -0.15) is 8.78 Å². The van der Waals surface area contributed by atoms with Crippen LogP contribution in [-0.2, 0) is 63.7 Å². The van der Waals surface area contributed by atoms with Crippen LogP contribution in [0.1, 0.15) is 54.1 Å². The average Bonchev–Trinajstić information content (AvgIpc) is 1.69. The molecule has 4 heterocycles. The van der Waals surface area contributed by atoms with E-state index in [4.69, 9.17) is 5.73 Å². The van der Waals surface area contributed by atoms with Gasteiger partial charge in [0.2, 0.25) is 0 Å². The van der Waals surface area contributed by atoms with Crippen molar-refractivity contribution in [2.24, 2.45) is 5.73 Å². The van der Waals surface area contributed by atoms with E-state index in [1.54, 1.807) is 17.4 Å². The smallest absolute Gasteiger partial charge is 0.324 e. The largest absolute Gasteiger partial charge is 0.344 e. The summed E-state index contributed by atoms with van der Waals surface area (Å²) >= 11 is 0. The van der Waals surface area contributed by atoms with Crippen molar-refractivity contribution in [2.45, 2.75) is 45.7 Å². The zero-order valence-corrected chi connectivity index (χ0v) is 52.2. The fourth-order valence-corrected chi connectivity index (χ4v) is 13.6. The monoisotopic (exact) mass is 1290 g/mol. The molecule has 3 N–H and O–H groups in total. The summed E-state index contributed by atoms with van der Waals surface area (Å²) in [5.41, 5.74) is 11.6. The molecule has 0 aliphatic carbocycles. The minimum absolute atomic E-state index is 0.00621. The van der Waals surface area contributed by atoms with E-state index >= 15 is 8.78 Å². The number of piperazine rings is 2. The molecule has 0 bridgehead atoms. The molecule has 5 amide bonds. The fraction of sp³-hybridized carbons (Fsp3) is 0.379. The number of Topliss-reactive ketones (excluding diaryl/α,β-unsaturated/α-hetero) is 2. The Kier molecular flexibility index (Phi) is 23.3. The normalized spacial score (nSPS) is 17.2. The van der Waals surface area contributed by atoms with Crippen LogP contribution in [0.25, 0.3) is 0 Å². The molecule has 4 aliphatic heterocycles. The first-order valence-electron chi connectivity index (χ1n) is 30.3. The van der Waals surface area contributed by atoms with Gasteiger partial charge in [-0.3, -0.25) is 43.8 Å². The molecular weight excluding hydrogens is 1220 g/mol. The van der Waals surface area contributed by atoms with E-state index < -0.39 is 68.0 Å². The predicted molar refractivity (Wildman–Crippen MR) is 340 cm³/mol. The number of urea groups is 2. The molecule has 4 saturated heterocycles. The predicted octanol–water partition coefficient (Wildman–Crippen LogP) is 6.71. The summed E-state index contributed by atoms with van der Waals surface area (Å²) in [6.45, 7) is 9.90. The molecule has 0 radical (unpaired) electrons. The first-order chi connectivity index (χ1) is 43.7. The number of nitrogens with two attached hydrogens (primary N) is 1. The standard InChI is InChI=1S/C34H38F3N5O5S.C32H38FN5O4S/c35-30-20-27(31(43)21-38-33(44)32(36)37)8-9-28(30)24-42(34(45)41-16-18-48(46,47)19-17-41)29-10-6-26(7-11-29)23-40-14-12-39(13-15-40)22-25-4-2-1-3-5-25;33-30-20-27(31(39)21-34)8-9-28(30)24-38(32(40)37-16-18-43(41,42)19-17-37)29-10-6-26(7-11-29)23-36-14-12-35(13-15-36)22-25-4-2-1-3-5-25/h1-11,20,32H,12-19,21-24H2,(H,38,44);1-11,20H,12-19,21-24,34H2. The number of anilines is 2. The number of carbonyl (C=O) groups excluding carboxylic acids is 5. The fourth-order valence-electron chi connectivity index (χ4n) is 11.2. The van der Waals surface area contributed by atoms with Gasteiger partial charge in [0.1, 0.15) is 11.6 Å². The van der Waals surface area contributed by atoms with Crippen LogP contribution in [0.3, 0.4) is 0 Å². The van der Waals surface area contributed by atoms with E-state index in [9.17, 15) is 49.6 Å². The Bertz CT molecular complexity index is 3690. The molecule has 484 valence electrons. The highest BCUT2D eigenvalue weighted by molar-refractivity contribution is 7.91. The SMILES string of the molecule is NCC(=O)c1ccc(CN(C(=O)N2CCS(=O)(=O)CC2)c2ccc(CN3CCN(Cc4ccccc4)CC3)cc2)c(F)c1.O=C(CNC(=O)C(F)F)c1ccc(CN(C(=O)N2CCS(=O)(=O)CC2)c2ccc(CN3CCN(Cc4ccccc4)CC3)cc2)c(F)c1. The lowest BCUT2D eigenvalue weighted by molar-refractivity contribution is -0.131. The lowest BCUT2D eigenvalue weighted by atomic mass is 10.1. The molecule has 0 spiro atoms. The van der Waals surface area contributed by atoms with E-state index in [0.29, 0.717) is 11.4 Å². The van der Waals surface area contributed by atoms with Crippen LogP contribution in [0.5, 0.6) is 0 Å². The van der Waals surface area contributed by atoms with Crippen molar-refractivity contribution in [2.75, 3.05) is 124 Å². The number of amides is 5. The van der Waals surface area contributed by atoms with Gasteiger partial charge in [0, 0.05) is 138 Å². The Morgan fingerprint density at radius 1 is 0.451 bits per heavy atom. The van der Waals surface area contributed by atoms with Crippen LogP contribution in [0.15, 0.2) is 146 Å². The third-order valence-electron chi connectivity index (χ3n) is 16.6. The van der Waals surface area contributed by atoms with E-state index in [1.165, 1.54) is 55.0 Å². The number of carbonyl (C=O) groups is 5. The number of nitrogens with zero attached hydrogens (tertiary/aromatic N) is 8. The Morgan fingerprint density at radius 3 is 1.10 bits per heavy atom. The number of nitrogens with one attached hydrogen (secondary N) is 1. The molecule has 0 aromatic heterocycles. The zero-order valence-electron chi connectivity index (χ0n) is 50.6. The van der Waals surface area contributed by atoms with Crippen molar-refractivity contribution in [3.05, 3.63) is 202 Å². The zero-order chi connectivity index (χ0) is 64.7. The van der Waals surface area contributed by atoms with Crippen LogP contribution in [0.2, 0.25) is 0 Å². The average molecular weight is 1290 g/mol. The Labute approximate surface area is 528 Å². The molecule has 0 unspecified atom stereocenters. The highest BCUT2D eigenvalue weighted by Gasteiger charge is 2.32. The van der Waals surface area contributed by atoms with Crippen molar-refractivity contribution in [3.63, 3.8) is 0 Å². The van der Waals surface area contributed by atoms with Gasteiger partial charge in [0.15, 0.2) is 31.2 Å². The highest BCUT2D eigenvalue weighted by Crippen LogP contribution is 2.27. The summed E-state index contributed by atoms with van der Waals surface area (Å²) < 4.78 is 103. The summed E-state index contributed by atoms with van der Waals surface area (Å²) in [7, 11) is -6.43. The van der Waals surface area contributed by atoms with Crippen LogP contribution >= 0.6 is 0 Å². The molecular formula is C66H76F4N10O9S2. The number of sulfone groups is 2. The summed E-state index contributed by atoms with van der Waals surface area (Å²) in [6, 6.07) is 42.7. The van der Waals surface area contributed by atoms with E-state index in [0.717, 1.165) is 102 Å². The maximum absolute atomic E-state index is 15.3. The molecule has 6 aromatic carbocycles. The van der Waals surface area contributed by atoms with Gasteiger partial charge in [0.05, 0.1) is 49.2 Å². The summed E-state index contributed by atoms with van der Waals surface area (Å²) in [4.78, 5) is 78.2. The quantitative estimate of drug-likeness (QED) is 0.0601. The van der Waals surface area contributed by atoms with Crippen molar-refractivity contribution < 1.29 is 58.4 Å². The van der Waals surface area contributed by atoms with Gasteiger partial charge in [-0.15, -0.1) is 0 Å². The van der Waals surface area contributed by atoms with Crippen molar-refractivity contribution in [1.82, 2.24) is 34.7 Å². The number of hydrogen-bond acceptors (Lipinski definition) is 14. The van der Waals surface area contributed by atoms with Crippen molar-refractivity contribution >= 4 is 60.6 Å². The summed E-state index contributed by atoms with van der Waals surface area (Å²) in [6.07, 6.45) is -3.28. The Hall–Kier alpha value is -7.91. The van der Waals surface area contributed by atoms with Gasteiger partial charge in [-0.05, 0) is 58.7 Å². The molecule has 10 rings (SSSR count). The summed E-state index contributed by atoms with van der Waals surface area (Å²) in [5, 5.41) is 1.80. The number of rotatable bonds is 20. The first kappa shape index (κ1) is 67.5. The van der Waals surface area contributed by atoms with E-state index in [-0.39, 0.29) is 96.9 Å². The molecule has 19 nitrogen and oxygen atoms in total. The lowest BCUT2D eigenvalue weighted by Gasteiger charge is -2.35. The first-order valence-corrected chi connectivity index (χ1v) is 33.9. The van der Waals surface area contributed by atoms with Gasteiger partial charge in [-0.25, -0.2) is 35.2 Å². The number of halogens is 4. The maximum atomic E-state index is 15.3. The van der Waals surface area contributed by atoms with Crippen LogP contribution < -0.4 is 20.9 Å². The Balaban J connectivity index is 0.000000217. The van der Waals surface area contributed by atoms with Crippen LogP contribution in [0.4, 0.5) is 38.5 Å². The van der Waals surface area contributed by atoms with Crippen LogP contribution in [-0.4, -0.2) is 197 Å². The maximum Gasteiger partial charge on any atom is 0.324 e. The van der Waals surface area contributed by atoms with Gasteiger partial charge in [0.25, 0.3) is 5.91 Å². The minimum Gasteiger partial charge on any atom is -0.344 e. The molecule has 25 heteroatoms. The second-order valence-electron chi connectivity index (χ2n) is 23.1. The lowest BCUT2D eigenvalue weighted by Crippen LogP contribution is -2.49. The van der Waals surface area contributed by atoms with Crippen LogP contribution in [0, 0.1) is 11.6 Å². The number of ketones is 2. The Morgan fingerprint density at radius 2 is 0.780 bits per heavy atom. The topological polar surface area (TPSA) is 218 Å². The molecule has 4 fully saturated rings. The summed E-state index contributed by atoms with van der Waals surface area (Å²) in [5.74, 6) is -4.69. The molecule has 0 saturated carbocycles. The third-order valence-corrected chi connectivity index (χ3v) is 19.9. The van der Waals surface area contributed by atoms with E-state index in [2.05, 4.69) is 56.0 Å². The molecule has 6 aromatic rings. The van der Waals surface area contributed by atoms with E-state index in [1.807, 2.05) is 60.7 Å². The second-order valence-corrected chi connectivity index (χ2v) is 27.7. The molecule has 0 atom stereocenters. The molecule has 91 heavy (non-hydrogen) atoms. The minimum atomic E-state index is -3.28. The highest BCUT2D eigenvalue weighted by atomic mass is 32.2. The number of alkyl halides is 2. The third kappa shape index (κ3) is 19.3. The number of benzene rings is 6. The molecule has 4 aliphatic rings.